The van der Waals surface area contributed by atoms with Crippen LogP contribution in [0.15, 0.2) is 6.07 Å². The van der Waals surface area contributed by atoms with E-state index in [4.69, 9.17) is 10.00 Å². The molecular formula is C14H20N2O. The molecule has 0 atom stereocenters. The van der Waals surface area contributed by atoms with E-state index in [-0.39, 0.29) is 5.41 Å². The average Bonchev–Trinajstić information content (AvgIpc) is 3.10. The SMILES string of the molecule is CC.COc1c(C)cc(C2(C)CC2)nc1C#N. The van der Waals surface area contributed by atoms with Crippen LogP contribution in [0.3, 0.4) is 0 Å². The molecule has 0 bridgehead atoms. The van der Waals surface area contributed by atoms with Gasteiger partial charge in [-0.15, -0.1) is 0 Å². The van der Waals surface area contributed by atoms with Crippen LogP contribution < -0.4 is 4.74 Å². The van der Waals surface area contributed by atoms with Crippen molar-refractivity contribution in [3.63, 3.8) is 0 Å². The summed E-state index contributed by atoms with van der Waals surface area (Å²) in [5, 5.41) is 8.99. The summed E-state index contributed by atoms with van der Waals surface area (Å²) in [5.41, 5.74) is 2.62. The Morgan fingerprint density at radius 3 is 2.41 bits per heavy atom. The Balaban J connectivity index is 0.000000686. The number of methoxy groups -OCH3 is 1. The molecule has 0 N–H and O–H groups in total. The number of nitrogens with zero attached hydrogens (tertiary/aromatic N) is 2. The predicted octanol–water partition coefficient (Wildman–Crippen LogP) is 3.35. The van der Waals surface area contributed by atoms with Crippen molar-refractivity contribution in [3.8, 4) is 11.8 Å². The van der Waals surface area contributed by atoms with Crippen molar-refractivity contribution in [2.75, 3.05) is 7.11 Å². The van der Waals surface area contributed by atoms with Crippen molar-refractivity contribution in [1.82, 2.24) is 4.98 Å². The molecule has 1 aliphatic rings. The summed E-state index contributed by atoms with van der Waals surface area (Å²) in [6, 6.07) is 4.13. The topological polar surface area (TPSA) is 45.9 Å². The van der Waals surface area contributed by atoms with Gasteiger partial charge < -0.3 is 4.74 Å². The van der Waals surface area contributed by atoms with Gasteiger partial charge in [0.2, 0.25) is 0 Å². The lowest BCUT2D eigenvalue weighted by molar-refractivity contribution is 0.407. The van der Waals surface area contributed by atoms with Crippen molar-refractivity contribution in [1.29, 1.82) is 5.26 Å². The molecule has 1 aromatic rings. The summed E-state index contributed by atoms with van der Waals surface area (Å²) in [6.07, 6.45) is 2.33. The summed E-state index contributed by atoms with van der Waals surface area (Å²) in [6.45, 7) is 8.14. The molecule has 1 fully saturated rings. The van der Waals surface area contributed by atoms with Gasteiger partial charge in [0.25, 0.3) is 0 Å². The third-order valence-corrected chi connectivity index (χ3v) is 3.09. The highest BCUT2D eigenvalue weighted by atomic mass is 16.5. The number of nitriles is 1. The highest BCUT2D eigenvalue weighted by Crippen LogP contribution is 2.47. The van der Waals surface area contributed by atoms with Gasteiger partial charge in [0.05, 0.1) is 7.11 Å². The first-order valence-electron chi connectivity index (χ1n) is 6.07. The minimum Gasteiger partial charge on any atom is -0.493 e. The highest BCUT2D eigenvalue weighted by Gasteiger charge is 2.41. The molecular weight excluding hydrogens is 212 g/mol. The maximum Gasteiger partial charge on any atom is 0.183 e. The van der Waals surface area contributed by atoms with Crippen molar-refractivity contribution < 1.29 is 4.74 Å². The second kappa shape index (κ2) is 5.18. The summed E-state index contributed by atoms with van der Waals surface area (Å²) in [5.74, 6) is 0.602. The molecule has 3 heteroatoms. The minimum atomic E-state index is 0.197. The quantitative estimate of drug-likeness (QED) is 0.785. The first kappa shape index (κ1) is 13.5. The van der Waals surface area contributed by atoms with Crippen molar-refractivity contribution in [2.24, 2.45) is 0 Å². The Morgan fingerprint density at radius 2 is 2.00 bits per heavy atom. The highest BCUT2D eigenvalue weighted by molar-refractivity contribution is 5.46. The summed E-state index contributed by atoms with van der Waals surface area (Å²) in [7, 11) is 1.57. The molecule has 1 aliphatic carbocycles. The second-order valence-electron chi connectivity index (χ2n) is 4.38. The van der Waals surface area contributed by atoms with Gasteiger partial charge in [-0.1, -0.05) is 20.8 Å². The van der Waals surface area contributed by atoms with Gasteiger partial charge in [0, 0.05) is 11.1 Å². The number of ether oxygens (including phenoxy) is 1. The van der Waals surface area contributed by atoms with Gasteiger partial charge in [0.1, 0.15) is 6.07 Å². The van der Waals surface area contributed by atoms with Crippen LogP contribution in [0.5, 0.6) is 5.75 Å². The number of pyridine rings is 1. The molecule has 0 spiro atoms. The van der Waals surface area contributed by atoms with Crippen molar-refractivity contribution >= 4 is 0 Å². The largest absolute Gasteiger partial charge is 0.493 e. The summed E-state index contributed by atoms with van der Waals surface area (Å²) >= 11 is 0. The smallest absolute Gasteiger partial charge is 0.183 e. The Kier molecular flexibility index (Phi) is 4.11. The Bertz CT molecular complexity index is 442. The second-order valence-corrected chi connectivity index (χ2v) is 4.38. The van der Waals surface area contributed by atoms with Crippen LogP contribution in [0.4, 0.5) is 0 Å². The van der Waals surface area contributed by atoms with Gasteiger partial charge in [-0.25, -0.2) is 4.98 Å². The van der Waals surface area contributed by atoms with E-state index < -0.39 is 0 Å². The van der Waals surface area contributed by atoms with E-state index in [1.54, 1.807) is 7.11 Å². The fourth-order valence-corrected chi connectivity index (χ4v) is 1.75. The van der Waals surface area contributed by atoms with Crippen LogP contribution >= 0.6 is 0 Å². The minimum absolute atomic E-state index is 0.197. The summed E-state index contributed by atoms with van der Waals surface area (Å²) in [4.78, 5) is 4.37. The number of hydrogen-bond donors (Lipinski definition) is 0. The maximum atomic E-state index is 8.99. The van der Waals surface area contributed by atoms with E-state index in [1.807, 2.05) is 26.8 Å². The van der Waals surface area contributed by atoms with Crippen LogP contribution in [-0.4, -0.2) is 12.1 Å². The van der Waals surface area contributed by atoms with Crippen LogP contribution in [0.1, 0.15) is 50.6 Å². The molecule has 17 heavy (non-hydrogen) atoms. The lowest BCUT2D eigenvalue weighted by Gasteiger charge is -2.12. The fraction of sp³-hybridized carbons (Fsp3) is 0.571. The van der Waals surface area contributed by atoms with E-state index in [2.05, 4.69) is 18.0 Å². The lowest BCUT2D eigenvalue weighted by Crippen LogP contribution is -2.07. The Hall–Kier alpha value is -1.56. The molecule has 0 radical (unpaired) electrons. The predicted molar refractivity (Wildman–Crippen MR) is 68.2 cm³/mol. The van der Waals surface area contributed by atoms with E-state index in [9.17, 15) is 0 Å². The van der Waals surface area contributed by atoms with E-state index in [0.717, 1.165) is 24.1 Å². The van der Waals surface area contributed by atoms with E-state index in [0.29, 0.717) is 11.4 Å². The lowest BCUT2D eigenvalue weighted by atomic mass is 10.0. The normalized spacial score (nSPS) is 15.3. The standard InChI is InChI=1S/C12H14N2O.C2H6/c1-8-6-10(12(2)4-5-12)14-9(7-13)11(8)15-3;1-2/h6H,4-5H2,1-3H3;1-2H3. The third kappa shape index (κ3) is 2.58. The monoisotopic (exact) mass is 232 g/mol. The molecule has 1 saturated carbocycles. The number of rotatable bonds is 2. The van der Waals surface area contributed by atoms with Gasteiger partial charge in [-0.05, 0) is 31.4 Å². The van der Waals surface area contributed by atoms with Gasteiger partial charge >= 0.3 is 0 Å². The first-order chi connectivity index (χ1) is 8.10. The molecule has 0 aromatic carbocycles. The van der Waals surface area contributed by atoms with E-state index >= 15 is 0 Å². The van der Waals surface area contributed by atoms with Crippen molar-refractivity contribution in [3.05, 3.63) is 23.0 Å². The number of hydrogen-bond acceptors (Lipinski definition) is 3. The molecule has 0 aliphatic heterocycles. The molecule has 1 aromatic heterocycles. The Morgan fingerprint density at radius 1 is 1.41 bits per heavy atom. The fourth-order valence-electron chi connectivity index (χ4n) is 1.75. The zero-order valence-corrected chi connectivity index (χ0v) is 11.3. The van der Waals surface area contributed by atoms with Gasteiger partial charge in [0.15, 0.2) is 11.4 Å². The Labute approximate surface area is 103 Å². The van der Waals surface area contributed by atoms with Crippen LogP contribution in [-0.2, 0) is 5.41 Å². The van der Waals surface area contributed by atoms with Crippen LogP contribution in [0.25, 0.3) is 0 Å². The molecule has 0 saturated heterocycles. The molecule has 3 nitrogen and oxygen atoms in total. The molecule has 0 amide bonds. The third-order valence-electron chi connectivity index (χ3n) is 3.09. The molecule has 92 valence electrons. The van der Waals surface area contributed by atoms with Gasteiger partial charge in [-0.3, -0.25) is 0 Å². The number of aromatic nitrogens is 1. The number of aryl methyl sites for hydroxylation is 1. The molecule has 0 unspecified atom stereocenters. The molecule has 1 heterocycles. The van der Waals surface area contributed by atoms with Crippen LogP contribution in [0, 0.1) is 18.3 Å². The maximum absolute atomic E-state index is 8.99. The van der Waals surface area contributed by atoms with Crippen molar-refractivity contribution in [2.45, 2.75) is 46.0 Å². The zero-order valence-electron chi connectivity index (χ0n) is 11.3. The van der Waals surface area contributed by atoms with Crippen LogP contribution in [0.2, 0.25) is 0 Å². The first-order valence-corrected chi connectivity index (χ1v) is 6.07. The zero-order chi connectivity index (χ0) is 13.1. The molecule has 2 rings (SSSR count). The van der Waals surface area contributed by atoms with E-state index in [1.165, 1.54) is 0 Å². The average molecular weight is 232 g/mol. The summed E-state index contributed by atoms with van der Waals surface area (Å²) < 4.78 is 5.17. The van der Waals surface area contributed by atoms with Gasteiger partial charge in [-0.2, -0.15) is 5.26 Å².